The highest BCUT2D eigenvalue weighted by Gasteiger charge is 2.29. The summed E-state index contributed by atoms with van der Waals surface area (Å²) in [7, 11) is -3.54. The number of hydrogen-bond donors (Lipinski definition) is 1. The maximum atomic E-state index is 13.0. The summed E-state index contributed by atoms with van der Waals surface area (Å²) in [6.45, 7) is 8.21. The third kappa shape index (κ3) is 5.60. The molecular formula is C22H28ClN3O3S. The fourth-order valence-corrected chi connectivity index (χ4v) is 4.99. The zero-order valence-corrected chi connectivity index (χ0v) is 19.1. The second-order valence-corrected chi connectivity index (χ2v) is 10.9. The fraction of sp³-hybridized carbons (Fsp3) is 0.409. The lowest BCUT2D eigenvalue weighted by molar-refractivity contribution is -0.117. The van der Waals surface area contributed by atoms with Crippen LogP contribution in [-0.2, 0) is 20.2 Å². The van der Waals surface area contributed by atoms with Crippen LogP contribution in [0.2, 0.25) is 5.02 Å². The van der Waals surface area contributed by atoms with Crippen molar-refractivity contribution >= 4 is 33.2 Å². The molecule has 1 heterocycles. The molecule has 0 aromatic heterocycles. The second-order valence-electron chi connectivity index (χ2n) is 8.51. The van der Waals surface area contributed by atoms with E-state index in [2.05, 4.69) is 26.1 Å². The van der Waals surface area contributed by atoms with Crippen LogP contribution in [-0.4, -0.2) is 56.3 Å². The Morgan fingerprint density at radius 1 is 1.03 bits per heavy atom. The minimum atomic E-state index is -3.54. The first-order valence-corrected chi connectivity index (χ1v) is 11.8. The van der Waals surface area contributed by atoms with Crippen LogP contribution >= 0.6 is 11.6 Å². The van der Waals surface area contributed by atoms with Crippen LogP contribution in [0.4, 0.5) is 5.69 Å². The summed E-state index contributed by atoms with van der Waals surface area (Å²) in [6, 6.07) is 14.1. The zero-order valence-electron chi connectivity index (χ0n) is 17.6. The molecule has 0 unspecified atom stereocenters. The number of nitrogens with zero attached hydrogens (tertiary/aromatic N) is 2. The van der Waals surface area contributed by atoms with Crippen LogP contribution in [0.1, 0.15) is 26.3 Å². The molecule has 2 aromatic carbocycles. The molecule has 1 N–H and O–H groups in total. The lowest BCUT2D eigenvalue weighted by atomic mass is 9.87. The van der Waals surface area contributed by atoms with Crippen molar-refractivity contribution in [3.05, 3.63) is 59.1 Å². The number of sulfonamides is 1. The third-order valence-corrected chi connectivity index (χ3v) is 7.31. The Morgan fingerprint density at radius 2 is 1.67 bits per heavy atom. The van der Waals surface area contributed by atoms with E-state index in [4.69, 9.17) is 11.6 Å². The molecule has 1 aliphatic rings. The van der Waals surface area contributed by atoms with Crippen molar-refractivity contribution in [3.63, 3.8) is 0 Å². The number of benzene rings is 2. The molecule has 0 saturated carbocycles. The molecule has 0 radical (unpaired) electrons. The standard InChI is InChI=1S/C22H28ClN3O3S/c1-22(2,3)17-7-9-20(10-8-17)30(28,29)26-13-11-25(12-14-26)16-21(27)24-19-6-4-5-18(23)15-19/h4-10,15H,11-14,16H2,1-3H3,(H,24,27). The number of carbonyl (C=O) groups is 1. The Balaban J connectivity index is 1.56. The summed E-state index contributed by atoms with van der Waals surface area (Å²) in [5.74, 6) is -0.147. The molecule has 0 spiro atoms. The lowest BCUT2D eigenvalue weighted by Crippen LogP contribution is -2.50. The molecule has 3 rings (SSSR count). The molecule has 2 aromatic rings. The van der Waals surface area contributed by atoms with E-state index >= 15 is 0 Å². The average molecular weight is 450 g/mol. The van der Waals surface area contributed by atoms with E-state index in [1.807, 2.05) is 17.0 Å². The van der Waals surface area contributed by atoms with Gasteiger partial charge in [-0.2, -0.15) is 4.31 Å². The molecule has 1 saturated heterocycles. The monoisotopic (exact) mass is 449 g/mol. The van der Waals surface area contributed by atoms with E-state index in [1.54, 1.807) is 36.4 Å². The fourth-order valence-electron chi connectivity index (χ4n) is 3.37. The van der Waals surface area contributed by atoms with Gasteiger partial charge in [-0.3, -0.25) is 9.69 Å². The van der Waals surface area contributed by atoms with Crippen molar-refractivity contribution in [1.82, 2.24) is 9.21 Å². The molecule has 0 aliphatic carbocycles. The highest BCUT2D eigenvalue weighted by atomic mass is 35.5. The summed E-state index contributed by atoms with van der Waals surface area (Å²) in [5, 5.41) is 3.38. The van der Waals surface area contributed by atoms with Crippen molar-refractivity contribution in [2.45, 2.75) is 31.1 Å². The Kier molecular flexibility index (Phi) is 6.87. The molecule has 1 fully saturated rings. The maximum absolute atomic E-state index is 13.0. The van der Waals surface area contributed by atoms with Crippen LogP contribution in [0.25, 0.3) is 0 Å². The van der Waals surface area contributed by atoms with Crippen molar-refractivity contribution in [2.24, 2.45) is 0 Å². The molecule has 0 atom stereocenters. The molecule has 1 amide bonds. The smallest absolute Gasteiger partial charge is 0.243 e. The number of carbonyl (C=O) groups excluding carboxylic acids is 1. The number of rotatable bonds is 5. The third-order valence-electron chi connectivity index (χ3n) is 5.16. The normalized spacial score (nSPS) is 16.4. The average Bonchev–Trinajstić information content (AvgIpc) is 2.68. The highest BCUT2D eigenvalue weighted by molar-refractivity contribution is 7.89. The van der Waals surface area contributed by atoms with Gasteiger partial charge in [-0.25, -0.2) is 8.42 Å². The maximum Gasteiger partial charge on any atom is 0.243 e. The molecule has 30 heavy (non-hydrogen) atoms. The molecule has 162 valence electrons. The Labute approximate surface area is 183 Å². The summed E-state index contributed by atoms with van der Waals surface area (Å²) >= 11 is 5.94. The van der Waals surface area contributed by atoms with Gasteiger partial charge in [-0.05, 0) is 41.3 Å². The van der Waals surface area contributed by atoms with Crippen LogP contribution in [0.5, 0.6) is 0 Å². The SMILES string of the molecule is CC(C)(C)c1ccc(S(=O)(=O)N2CCN(CC(=O)Nc3cccc(Cl)c3)CC2)cc1. The van der Waals surface area contributed by atoms with Gasteiger partial charge < -0.3 is 5.32 Å². The quantitative estimate of drug-likeness (QED) is 0.757. The Bertz CT molecular complexity index is 993. The minimum absolute atomic E-state index is 0.0282. The van der Waals surface area contributed by atoms with Gasteiger partial charge in [-0.1, -0.05) is 50.6 Å². The minimum Gasteiger partial charge on any atom is -0.325 e. The van der Waals surface area contributed by atoms with Crippen LogP contribution in [0, 0.1) is 0 Å². The van der Waals surface area contributed by atoms with Crippen LogP contribution < -0.4 is 5.32 Å². The molecular weight excluding hydrogens is 422 g/mol. The summed E-state index contributed by atoms with van der Waals surface area (Å²) in [6.07, 6.45) is 0. The molecule has 1 aliphatic heterocycles. The van der Waals surface area contributed by atoms with E-state index in [1.165, 1.54) is 4.31 Å². The zero-order chi connectivity index (χ0) is 21.9. The van der Waals surface area contributed by atoms with Gasteiger partial charge in [0, 0.05) is 36.9 Å². The topological polar surface area (TPSA) is 69.7 Å². The van der Waals surface area contributed by atoms with E-state index < -0.39 is 10.0 Å². The van der Waals surface area contributed by atoms with Crippen molar-refractivity contribution in [2.75, 3.05) is 38.0 Å². The first kappa shape index (κ1) is 22.7. The van der Waals surface area contributed by atoms with Crippen molar-refractivity contribution in [3.8, 4) is 0 Å². The number of hydrogen-bond acceptors (Lipinski definition) is 4. The van der Waals surface area contributed by atoms with Gasteiger partial charge in [0.15, 0.2) is 0 Å². The number of piperazine rings is 1. The number of nitrogens with one attached hydrogen (secondary N) is 1. The number of amides is 1. The van der Waals surface area contributed by atoms with E-state index in [9.17, 15) is 13.2 Å². The van der Waals surface area contributed by atoms with Crippen LogP contribution in [0.15, 0.2) is 53.4 Å². The van der Waals surface area contributed by atoms with Crippen molar-refractivity contribution < 1.29 is 13.2 Å². The van der Waals surface area contributed by atoms with E-state index in [0.29, 0.717) is 41.8 Å². The summed E-state index contributed by atoms with van der Waals surface area (Å²) < 4.78 is 27.4. The predicted molar refractivity (Wildman–Crippen MR) is 120 cm³/mol. The second kappa shape index (κ2) is 9.06. The molecule has 8 heteroatoms. The largest absolute Gasteiger partial charge is 0.325 e. The summed E-state index contributed by atoms with van der Waals surface area (Å²) in [5.41, 5.74) is 1.71. The van der Waals surface area contributed by atoms with Crippen molar-refractivity contribution in [1.29, 1.82) is 0 Å². The molecule has 6 nitrogen and oxygen atoms in total. The number of anilines is 1. The van der Waals surface area contributed by atoms with Gasteiger partial charge in [0.25, 0.3) is 0 Å². The van der Waals surface area contributed by atoms with Crippen LogP contribution in [0.3, 0.4) is 0 Å². The van der Waals surface area contributed by atoms with E-state index in [0.717, 1.165) is 5.56 Å². The highest BCUT2D eigenvalue weighted by Crippen LogP contribution is 2.25. The number of halogens is 1. The Morgan fingerprint density at radius 3 is 2.23 bits per heavy atom. The van der Waals surface area contributed by atoms with Gasteiger partial charge >= 0.3 is 0 Å². The summed E-state index contributed by atoms with van der Waals surface area (Å²) in [4.78, 5) is 14.5. The van der Waals surface area contributed by atoms with E-state index in [-0.39, 0.29) is 17.9 Å². The first-order chi connectivity index (χ1) is 14.1. The van der Waals surface area contributed by atoms with Gasteiger partial charge in [-0.15, -0.1) is 0 Å². The van der Waals surface area contributed by atoms with Gasteiger partial charge in [0.2, 0.25) is 15.9 Å². The first-order valence-electron chi connectivity index (χ1n) is 9.94. The van der Waals surface area contributed by atoms with Gasteiger partial charge in [0.1, 0.15) is 0 Å². The Hall–Kier alpha value is -1.93. The van der Waals surface area contributed by atoms with Gasteiger partial charge in [0.05, 0.1) is 11.4 Å². The molecule has 0 bridgehead atoms. The lowest BCUT2D eigenvalue weighted by Gasteiger charge is -2.33. The predicted octanol–water partition coefficient (Wildman–Crippen LogP) is 3.58.